The summed E-state index contributed by atoms with van der Waals surface area (Å²) in [5.41, 5.74) is 3.25. The van der Waals surface area contributed by atoms with E-state index in [0.717, 1.165) is 47.1 Å². The average molecular weight is 468 g/mol. The van der Waals surface area contributed by atoms with Gasteiger partial charge in [0.15, 0.2) is 10.8 Å². The van der Waals surface area contributed by atoms with Crippen molar-refractivity contribution in [1.29, 1.82) is 0 Å². The molecule has 1 fully saturated rings. The number of ether oxygens (including phenoxy) is 1. The molecule has 0 spiro atoms. The van der Waals surface area contributed by atoms with Crippen LogP contribution in [0.25, 0.3) is 22.1 Å². The molecule has 4 heterocycles. The Morgan fingerprint density at radius 3 is 2.76 bits per heavy atom. The Labute approximate surface area is 197 Å². The summed E-state index contributed by atoms with van der Waals surface area (Å²) < 4.78 is 7.96. The van der Waals surface area contributed by atoms with Crippen molar-refractivity contribution in [3.8, 4) is 27.8 Å². The Balaban J connectivity index is 1.44. The zero-order chi connectivity index (χ0) is 23.1. The number of carbonyl (C=O) groups is 1. The topological polar surface area (TPSA) is 93.4 Å². The molecule has 9 heteroatoms. The van der Waals surface area contributed by atoms with Crippen LogP contribution in [-0.4, -0.2) is 61.5 Å². The fourth-order valence-corrected chi connectivity index (χ4v) is 5.72. The lowest BCUT2D eigenvalue weighted by molar-refractivity contribution is -0.140. The van der Waals surface area contributed by atoms with Gasteiger partial charge >= 0.3 is 0 Å². The fourth-order valence-electron chi connectivity index (χ4n) is 4.67. The molecule has 0 unspecified atom stereocenters. The molecule has 8 nitrogen and oxygen atoms in total. The van der Waals surface area contributed by atoms with Gasteiger partial charge in [-0.05, 0) is 57.2 Å². The van der Waals surface area contributed by atoms with Gasteiger partial charge in [-0.15, -0.1) is 11.3 Å². The van der Waals surface area contributed by atoms with Gasteiger partial charge in [0.05, 0.1) is 12.3 Å². The lowest BCUT2D eigenvalue weighted by atomic mass is 9.88. The quantitative estimate of drug-likeness (QED) is 0.629. The fraction of sp³-hybridized carbons (Fsp3) is 0.500. The summed E-state index contributed by atoms with van der Waals surface area (Å²) >= 11 is 1.67. The van der Waals surface area contributed by atoms with Crippen LogP contribution in [0.2, 0.25) is 0 Å². The second-order valence-corrected chi connectivity index (χ2v) is 10.1. The number of nitrogens with zero attached hydrogens (tertiary/aromatic N) is 5. The lowest BCUT2D eigenvalue weighted by Crippen LogP contribution is -2.42. The van der Waals surface area contributed by atoms with Crippen LogP contribution in [0.15, 0.2) is 24.5 Å². The normalized spacial score (nSPS) is 17.3. The number of fused-ring (bicyclic) bond motifs is 3. The number of hydrogen-bond acceptors (Lipinski definition) is 7. The van der Waals surface area contributed by atoms with Crippen LogP contribution in [0.4, 0.5) is 0 Å². The maximum absolute atomic E-state index is 12.1. The Morgan fingerprint density at radius 1 is 1.24 bits per heavy atom. The van der Waals surface area contributed by atoms with Gasteiger partial charge in [-0.3, -0.25) is 4.79 Å². The number of amides is 1. The van der Waals surface area contributed by atoms with Crippen molar-refractivity contribution in [2.24, 2.45) is 0 Å². The minimum Gasteiger partial charge on any atom is -0.493 e. The summed E-state index contributed by atoms with van der Waals surface area (Å²) in [5.74, 6) is 1.85. The van der Waals surface area contributed by atoms with Crippen LogP contribution in [0.3, 0.4) is 0 Å². The second-order valence-electron chi connectivity index (χ2n) is 9.04. The van der Waals surface area contributed by atoms with Crippen LogP contribution >= 0.6 is 11.3 Å². The molecule has 0 bridgehead atoms. The minimum atomic E-state index is -0.940. The molecule has 2 aliphatic heterocycles. The Kier molecular flexibility index (Phi) is 5.92. The highest BCUT2D eigenvalue weighted by Crippen LogP contribution is 2.42. The first-order valence-corrected chi connectivity index (χ1v) is 12.4. The molecule has 33 heavy (non-hydrogen) atoms. The van der Waals surface area contributed by atoms with Crippen molar-refractivity contribution in [3.63, 3.8) is 0 Å². The third-order valence-electron chi connectivity index (χ3n) is 6.43. The van der Waals surface area contributed by atoms with Crippen molar-refractivity contribution in [1.82, 2.24) is 24.6 Å². The van der Waals surface area contributed by atoms with E-state index in [0.29, 0.717) is 25.6 Å². The zero-order valence-corrected chi connectivity index (χ0v) is 20.0. The van der Waals surface area contributed by atoms with Crippen molar-refractivity contribution in [2.45, 2.75) is 58.1 Å². The lowest BCUT2D eigenvalue weighted by Gasteiger charge is -2.33. The first-order valence-electron chi connectivity index (χ1n) is 11.6. The number of aliphatic hydroxyl groups is 1. The molecule has 0 radical (unpaired) electrons. The molecule has 5 rings (SSSR count). The number of piperidine rings is 1. The maximum atomic E-state index is 12.1. The third-order valence-corrected chi connectivity index (χ3v) is 7.54. The molecular formula is C24H29N5O3S. The van der Waals surface area contributed by atoms with Crippen LogP contribution in [-0.2, 0) is 11.2 Å². The molecule has 2 aliphatic rings. The number of thiazole rings is 1. The molecular weight excluding hydrogens is 438 g/mol. The molecule has 3 aromatic rings. The Morgan fingerprint density at radius 2 is 2.03 bits per heavy atom. The monoisotopic (exact) mass is 467 g/mol. The second kappa shape index (κ2) is 8.87. The van der Waals surface area contributed by atoms with Crippen LogP contribution in [0.5, 0.6) is 5.75 Å². The van der Waals surface area contributed by atoms with E-state index in [9.17, 15) is 9.90 Å². The zero-order valence-electron chi connectivity index (χ0n) is 19.2. The van der Waals surface area contributed by atoms with Crippen molar-refractivity contribution >= 4 is 17.2 Å². The predicted molar refractivity (Wildman–Crippen MR) is 126 cm³/mol. The van der Waals surface area contributed by atoms with E-state index in [1.165, 1.54) is 17.4 Å². The number of carbonyl (C=O) groups excluding carboxylic acids is 1. The van der Waals surface area contributed by atoms with Gasteiger partial charge in [-0.2, -0.15) is 5.10 Å². The Bertz CT molecular complexity index is 1160. The van der Waals surface area contributed by atoms with Crippen LogP contribution < -0.4 is 4.74 Å². The SMILES string of the molecule is CC(C)n1ncnc1-c1nc2c(s1)CCOc1ccc(C3CCN(C(=O)[C@@H](C)O)CC3)cc1-2. The number of rotatable bonds is 4. The molecule has 0 aliphatic carbocycles. The van der Waals surface area contributed by atoms with Gasteiger partial charge in [0.1, 0.15) is 18.2 Å². The number of aliphatic hydroxyl groups excluding tert-OH is 1. The van der Waals surface area contributed by atoms with Gasteiger partial charge < -0.3 is 14.7 Å². The molecule has 1 aromatic carbocycles. The molecule has 1 amide bonds. The predicted octanol–water partition coefficient (Wildman–Crippen LogP) is 3.67. The third kappa shape index (κ3) is 4.15. The van der Waals surface area contributed by atoms with Crippen LogP contribution in [0, 0.1) is 0 Å². The Hall–Kier alpha value is -2.78. The summed E-state index contributed by atoms with van der Waals surface area (Å²) in [5, 5.41) is 14.9. The van der Waals surface area contributed by atoms with Crippen molar-refractivity contribution in [2.75, 3.05) is 19.7 Å². The van der Waals surface area contributed by atoms with E-state index in [1.54, 1.807) is 22.6 Å². The molecule has 1 saturated heterocycles. The van der Waals surface area contributed by atoms with Crippen molar-refractivity contribution in [3.05, 3.63) is 35.0 Å². The molecule has 2 aromatic heterocycles. The van der Waals surface area contributed by atoms with E-state index in [-0.39, 0.29) is 11.9 Å². The maximum Gasteiger partial charge on any atom is 0.251 e. The molecule has 0 saturated carbocycles. The van der Waals surface area contributed by atoms with Gasteiger partial charge in [-0.25, -0.2) is 14.6 Å². The molecule has 1 atom stereocenters. The first-order chi connectivity index (χ1) is 15.9. The highest BCUT2D eigenvalue weighted by molar-refractivity contribution is 7.15. The van der Waals surface area contributed by atoms with Crippen molar-refractivity contribution < 1.29 is 14.6 Å². The summed E-state index contributed by atoms with van der Waals surface area (Å²) in [6, 6.07) is 6.62. The van der Waals surface area contributed by atoms with E-state index >= 15 is 0 Å². The average Bonchev–Trinajstić information content (AvgIpc) is 3.43. The first kappa shape index (κ1) is 22.0. The summed E-state index contributed by atoms with van der Waals surface area (Å²) in [7, 11) is 0. The summed E-state index contributed by atoms with van der Waals surface area (Å²) in [6.07, 6.45) is 3.22. The number of aromatic nitrogens is 4. The van der Waals surface area contributed by atoms with Crippen LogP contribution in [0.1, 0.15) is 56.0 Å². The van der Waals surface area contributed by atoms with E-state index in [1.807, 2.05) is 4.68 Å². The van der Waals surface area contributed by atoms with Gasteiger partial charge in [-0.1, -0.05) is 6.07 Å². The standard InChI is InChI=1S/C24H29N5O3S/c1-14(2)29-22(25-13-26-29)23-27-21-18-12-17(4-5-19(18)32-11-8-20(21)33-23)16-6-9-28(10-7-16)24(31)15(3)30/h4-5,12-16,30H,6-11H2,1-3H3/t15-/m1/s1. The highest BCUT2D eigenvalue weighted by Gasteiger charge is 2.28. The van der Waals surface area contributed by atoms with E-state index < -0.39 is 6.10 Å². The highest BCUT2D eigenvalue weighted by atomic mass is 32.1. The summed E-state index contributed by atoms with van der Waals surface area (Å²) in [4.78, 5) is 24.6. The van der Waals surface area contributed by atoms with Gasteiger partial charge in [0, 0.05) is 36.0 Å². The van der Waals surface area contributed by atoms with E-state index in [4.69, 9.17) is 9.72 Å². The van der Waals surface area contributed by atoms with E-state index in [2.05, 4.69) is 42.1 Å². The summed E-state index contributed by atoms with van der Waals surface area (Å²) in [6.45, 7) is 7.66. The van der Waals surface area contributed by atoms with Gasteiger partial charge in [0.2, 0.25) is 0 Å². The molecule has 1 N–H and O–H groups in total. The minimum absolute atomic E-state index is 0.183. The number of hydrogen-bond donors (Lipinski definition) is 1. The molecule has 174 valence electrons. The largest absolute Gasteiger partial charge is 0.493 e. The number of likely N-dealkylation sites (tertiary alicyclic amines) is 1. The smallest absolute Gasteiger partial charge is 0.251 e. The number of benzene rings is 1. The van der Waals surface area contributed by atoms with Gasteiger partial charge in [0.25, 0.3) is 5.91 Å².